The van der Waals surface area contributed by atoms with Crippen molar-refractivity contribution in [1.82, 2.24) is 0 Å². The Morgan fingerprint density at radius 3 is 2.38 bits per heavy atom. The fourth-order valence-electron chi connectivity index (χ4n) is 0.887. The smallest absolute Gasteiger partial charge is 0.346 e. The standard InChI is InChI=1S/C7H16N4O2/c1-2-3-4-7(10,5(12)13)11-6(8)9/h2-4,10H2,1H3,(H,12,13)(H4,8,9,11)/t7-/m0/s1. The molecule has 0 radical (unpaired) electrons. The normalized spacial score (nSPS) is 14.6. The molecule has 0 aliphatic heterocycles. The van der Waals surface area contributed by atoms with Crippen LogP contribution in [0.1, 0.15) is 26.2 Å². The van der Waals surface area contributed by atoms with Crippen molar-refractivity contribution in [3.63, 3.8) is 0 Å². The van der Waals surface area contributed by atoms with Gasteiger partial charge in [0.05, 0.1) is 0 Å². The number of rotatable bonds is 5. The third-order valence-corrected chi connectivity index (χ3v) is 1.61. The summed E-state index contributed by atoms with van der Waals surface area (Å²) in [6, 6.07) is 0. The summed E-state index contributed by atoms with van der Waals surface area (Å²) in [5, 5.41) is 8.76. The van der Waals surface area contributed by atoms with Crippen LogP contribution in [0.25, 0.3) is 0 Å². The first kappa shape index (κ1) is 11.7. The number of nitrogens with zero attached hydrogens (tertiary/aromatic N) is 1. The van der Waals surface area contributed by atoms with Crippen LogP contribution in [0.4, 0.5) is 0 Å². The number of guanidine groups is 1. The van der Waals surface area contributed by atoms with Crippen molar-refractivity contribution in [1.29, 1.82) is 0 Å². The lowest BCUT2D eigenvalue weighted by Gasteiger charge is -2.19. The summed E-state index contributed by atoms with van der Waals surface area (Å²) in [6.07, 6.45) is 1.74. The van der Waals surface area contributed by atoms with E-state index in [1.54, 1.807) is 0 Å². The van der Waals surface area contributed by atoms with Crippen molar-refractivity contribution >= 4 is 11.9 Å². The summed E-state index contributed by atoms with van der Waals surface area (Å²) >= 11 is 0. The third-order valence-electron chi connectivity index (χ3n) is 1.61. The van der Waals surface area contributed by atoms with Crippen molar-refractivity contribution < 1.29 is 9.90 Å². The van der Waals surface area contributed by atoms with Gasteiger partial charge in [-0.25, -0.2) is 9.79 Å². The Hall–Kier alpha value is -1.30. The molecule has 0 saturated carbocycles. The van der Waals surface area contributed by atoms with E-state index in [2.05, 4.69) is 4.99 Å². The zero-order valence-electron chi connectivity index (χ0n) is 7.66. The molecular formula is C7H16N4O2. The minimum atomic E-state index is -1.67. The summed E-state index contributed by atoms with van der Waals surface area (Å²) in [5.41, 5.74) is 14.0. The second-order valence-corrected chi connectivity index (χ2v) is 2.87. The fourth-order valence-corrected chi connectivity index (χ4v) is 0.887. The number of hydrogen-bond acceptors (Lipinski definition) is 3. The predicted octanol–water partition coefficient (Wildman–Crippen LogP) is -0.810. The SMILES string of the molecule is CCCC[C@](N)(N=C(N)N)C(=O)O. The molecule has 76 valence electrons. The van der Waals surface area contributed by atoms with Gasteiger partial charge in [0.2, 0.25) is 5.66 Å². The second-order valence-electron chi connectivity index (χ2n) is 2.87. The van der Waals surface area contributed by atoms with Gasteiger partial charge >= 0.3 is 5.97 Å². The van der Waals surface area contributed by atoms with Crippen LogP contribution < -0.4 is 17.2 Å². The highest BCUT2D eigenvalue weighted by Gasteiger charge is 2.32. The van der Waals surface area contributed by atoms with Gasteiger partial charge in [0, 0.05) is 0 Å². The average molecular weight is 188 g/mol. The maximum Gasteiger partial charge on any atom is 0.346 e. The Labute approximate surface area is 76.8 Å². The Morgan fingerprint density at radius 1 is 1.54 bits per heavy atom. The van der Waals surface area contributed by atoms with Crippen molar-refractivity contribution in [2.75, 3.05) is 0 Å². The average Bonchev–Trinajstić information content (AvgIpc) is 1.99. The largest absolute Gasteiger partial charge is 0.478 e. The molecule has 0 heterocycles. The molecule has 0 bridgehead atoms. The highest BCUT2D eigenvalue weighted by atomic mass is 16.4. The maximum atomic E-state index is 10.7. The lowest BCUT2D eigenvalue weighted by Crippen LogP contribution is -2.48. The fraction of sp³-hybridized carbons (Fsp3) is 0.714. The minimum absolute atomic E-state index is 0.233. The van der Waals surface area contributed by atoms with Gasteiger partial charge < -0.3 is 16.6 Å². The highest BCUT2D eigenvalue weighted by molar-refractivity contribution is 5.84. The number of carboxylic acid groups (broad SMARTS) is 1. The van der Waals surface area contributed by atoms with Gasteiger partial charge in [-0.15, -0.1) is 0 Å². The summed E-state index contributed by atoms with van der Waals surface area (Å²) in [4.78, 5) is 14.2. The molecule has 0 fully saturated rings. The van der Waals surface area contributed by atoms with Gasteiger partial charge in [0.25, 0.3) is 0 Å². The molecule has 7 N–H and O–H groups in total. The van der Waals surface area contributed by atoms with Gasteiger partial charge in [-0.05, 0) is 12.8 Å². The van der Waals surface area contributed by atoms with E-state index in [1.807, 2.05) is 6.92 Å². The highest BCUT2D eigenvalue weighted by Crippen LogP contribution is 2.12. The van der Waals surface area contributed by atoms with E-state index in [1.165, 1.54) is 0 Å². The van der Waals surface area contributed by atoms with E-state index in [-0.39, 0.29) is 12.4 Å². The van der Waals surface area contributed by atoms with Crippen molar-refractivity contribution in [2.24, 2.45) is 22.2 Å². The molecule has 0 aromatic heterocycles. The first-order valence-corrected chi connectivity index (χ1v) is 4.05. The quantitative estimate of drug-likeness (QED) is 0.331. The van der Waals surface area contributed by atoms with E-state index in [0.29, 0.717) is 6.42 Å². The van der Waals surface area contributed by atoms with Gasteiger partial charge in [-0.3, -0.25) is 5.73 Å². The molecule has 0 amide bonds. The van der Waals surface area contributed by atoms with Crippen LogP contribution in [0, 0.1) is 0 Å². The summed E-state index contributed by atoms with van der Waals surface area (Å²) in [7, 11) is 0. The Bertz CT molecular complexity index is 213. The van der Waals surface area contributed by atoms with E-state index >= 15 is 0 Å². The molecule has 0 aliphatic rings. The number of unbranched alkanes of at least 4 members (excludes halogenated alkanes) is 1. The monoisotopic (exact) mass is 188 g/mol. The molecule has 1 atom stereocenters. The van der Waals surface area contributed by atoms with Crippen LogP contribution in [0.2, 0.25) is 0 Å². The molecule has 0 unspecified atom stereocenters. The molecule has 0 aliphatic carbocycles. The Kier molecular flexibility index (Phi) is 4.19. The first-order chi connectivity index (χ1) is 5.92. The van der Waals surface area contributed by atoms with Gasteiger partial charge in [-0.1, -0.05) is 13.3 Å². The van der Waals surface area contributed by atoms with Crippen LogP contribution in [0.5, 0.6) is 0 Å². The Balaban J connectivity index is 4.53. The van der Waals surface area contributed by atoms with Crippen molar-refractivity contribution in [3.05, 3.63) is 0 Å². The lowest BCUT2D eigenvalue weighted by atomic mass is 10.0. The van der Waals surface area contributed by atoms with E-state index < -0.39 is 11.6 Å². The number of aliphatic carboxylic acids is 1. The molecule has 6 nitrogen and oxygen atoms in total. The first-order valence-electron chi connectivity index (χ1n) is 4.05. The third kappa shape index (κ3) is 3.75. The maximum absolute atomic E-state index is 10.7. The summed E-state index contributed by atoms with van der Waals surface area (Å²) < 4.78 is 0. The van der Waals surface area contributed by atoms with Crippen LogP contribution in [0.15, 0.2) is 4.99 Å². The molecular weight excluding hydrogens is 172 g/mol. The number of aliphatic imine (C=N–C) groups is 1. The topological polar surface area (TPSA) is 128 Å². The summed E-state index contributed by atoms with van der Waals surface area (Å²) in [6.45, 7) is 1.93. The van der Waals surface area contributed by atoms with Crippen LogP contribution in [0.3, 0.4) is 0 Å². The van der Waals surface area contributed by atoms with Gasteiger partial charge in [0.15, 0.2) is 5.96 Å². The molecule has 0 aromatic rings. The molecule has 0 aromatic carbocycles. The number of hydrogen-bond donors (Lipinski definition) is 4. The second kappa shape index (κ2) is 4.66. The van der Waals surface area contributed by atoms with Gasteiger partial charge in [-0.2, -0.15) is 0 Å². The van der Waals surface area contributed by atoms with Gasteiger partial charge in [0.1, 0.15) is 0 Å². The molecule has 6 heteroatoms. The summed E-state index contributed by atoms with van der Waals surface area (Å²) in [5.74, 6) is -1.52. The zero-order valence-corrected chi connectivity index (χ0v) is 7.66. The van der Waals surface area contributed by atoms with Crippen LogP contribution >= 0.6 is 0 Å². The number of carboxylic acids is 1. The van der Waals surface area contributed by atoms with E-state index in [0.717, 1.165) is 6.42 Å². The molecule has 13 heavy (non-hydrogen) atoms. The van der Waals surface area contributed by atoms with E-state index in [4.69, 9.17) is 22.3 Å². The van der Waals surface area contributed by atoms with Crippen molar-refractivity contribution in [2.45, 2.75) is 31.8 Å². The van der Waals surface area contributed by atoms with E-state index in [9.17, 15) is 4.79 Å². The minimum Gasteiger partial charge on any atom is -0.478 e. The van der Waals surface area contributed by atoms with Crippen LogP contribution in [-0.2, 0) is 4.79 Å². The van der Waals surface area contributed by atoms with Crippen LogP contribution in [-0.4, -0.2) is 22.7 Å². The number of nitrogens with two attached hydrogens (primary N) is 3. The Morgan fingerprint density at radius 2 is 2.08 bits per heavy atom. The predicted molar refractivity (Wildman–Crippen MR) is 49.9 cm³/mol. The van der Waals surface area contributed by atoms with Crippen molar-refractivity contribution in [3.8, 4) is 0 Å². The lowest BCUT2D eigenvalue weighted by molar-refractivity contribution is -0.143. The zero-order chi connectivity index (χ0) is 10.5. The number of carbonyl (C=O) groups is 1. The molecule has 0 saturated heterocycles. The molecule has 0 rings (SSSR count). The molecule has 0 spiro atoms.